The molecule has 154 valence electrons. The number of hydrogen-bond acceptors (Lipinski definition) is 4. The largest absolute Gasteiger partial charge is 0.498 e. The summed E-state index contributed by atoms with van der Waals surface area (Å²) in [5, 5.41) is 8.81. The Labute approximate surface area is 176 Å². The molecule has 0 bridgehead atoms. The summed E-state index contributed by atoms with van der Waals surface area (Å²) in [5.74, 6) is -0.320. The maximum Gasteiger partial charge on any atom is 0.303 e. The van der Waals surface area contributed by atoms with Crippen molar-refractivity contribution in [1.29, 1.82) is 0 Å². The molecule has 0 spiro atoms. The van der Waals surface area contributed by atoms with Crippen LogP contribution in [0.5, 0.6) is 0 Å². The summed E-state index contributed by atoms with van der Waals surface area (Å²) < 4.78 is 5.51. The summed E-state index contributed by atoms with van der Waals surface area (Å²) in [6.07, 6.45) is 1.29. The molecule has 0 radical (unpaired) electrons. The predicted molar refractivity (Wildman–Crippen MR) is 115 cm³/mol. The summed E-state index contributed by atoms with van der Waals surface area (Å²) in [6.45, 7) is 0.927. The Morgan fingerprint density at radius 2 is 1.86 bits per heavy atom. The van der Waals surface area contributed by atoms with E-state index in [2.05, 4.69) is 0 Å². The van der Waals surface area contributed by atoms with E-state index < -0.39 is 5.97 Å². The number of aryl methyl sites for hydroxylation is 1. The molecule has 3 N–H and O–H groups in total. The number of anilines is 1. The van der Waals surface area contributed by atoms with E-state index in [0.717, 1.165) is 28.8 Å². The molecule has 7 heteroatoms. The molecule has 0 saturated heterocycles. The van der Waals surface area contributed by atoms with Crippen LogP contribution in [0.25, 0.3) is 5.57 Å². The molecule has 0 atom stereocenters. The lowest BCUT2D eigenvalue weighted by atomic mass is 10.0. The fourth-order valence-electron chi connectivity index (χ4n) is 3.34. The molecular weight excluding hydrogens is 392 g/mol. The maximum absolute atomic E-state index is 13.1. The van der Waals surface area contributed by atoms with Gasteiger partial charge in [0.05, 0.1) is 19.2 Å². The molecule has 2 aromatic carbocycles. The van der Waals surface area contributed by atoms with E-state index in [1.807, 2.05) is 48.5 Å². The van der Waals surface area contributed by atoms with Crippen LogP contribution in [0.4, 0.5) is 5.69 Å². The summed E-state index contributed by atoms with van der Waals surface area (Å²) in [4.78, 5) is 25.6. The van der Waals surface area contributed by atoms with E-state index in [1.165, 1.54) is 0 Å². The molecule has 0 unspecified atom stereocenters. The third-order valence-corrected chi connectivity index (χ3v) is 4.81. The zero-order valence-corrected chi connectivity index (χ0v) is 17.1. The average Bonchev–Trinajstić information content (AvgIpc) is 3.03. The second-order valence-electron chi connectivity index (χ2n) is 6.69. The number of nitrogens with two attached hydrogens (primary N) is 1. The average molecular weight is 417 g/mol. The van der Waals surface area contributed by atoms with Crippen molar-refractivity contribution in [3.8, 4) is 0 Å². The molecule has 2 aromatic rings. The van der Waals surface area contributed by atoms with E-state index in [4.69, 9.17) is 15.6 Å². The van der Waals surface area contributed by atoms with Crippen molar-refractivity contribution in [2.45, 2.75) is 19.3 Å². The van der Waals surface area contributed by atoms with Gasteiger partial charge in [0.25, 0.3) is 5.91 Å². The van der Waals surface area contributed by atoms with Crippen LogP contribution >= 0.6 is 12.4 Å². The monoisotopic (exact) mass is 416 g/mol. The van der Waals surface area contributed by atoms with Gasteiger partial charge in [-0.2, -0.15) is 0 Å². The number of carbonyl (C=O) groups is 2. The van der Waals surface area contributed by atoms with E-state index in [1.54, 1.807) is 12.0 Å². The normalized spacial score (nSPS) is 13.4. The van der Waals surface area contributed by atoms with Gasteiger partial charge in [-0.3, -0.25) is 9.59 Å². The summed E-state index contributed by atoms with van der Waals surface area (Å²) in [7, 11) is 1.57. The Morgan fingerprint density at radius 3 is 2.48 bits per heavy atom. The van der Waals surface area contributed by atoms with Crippen LogP contribution < -0.4 is 10.6 Å². The molecule has 1 aliphatic heterocycles. The van der Waals surface area contributed by atoms with Crippen molar-refractivity contribution in [2.75, 3.05) is 25.1 Å². The summed E-state index contributed by atoms with van der Waals surface area (Å²) >= 11 is 0. The van der Waals surface area contributed by atoms with Crippen LogP contribution in [-0.4, -0.2) is 37.2 Å². The second-order valence-corrected chi connectivity index (χ2v) is 6.69. The number of methoxy groups -OCH3 is 1. The van der Waals surface area contributed by atoms with E-state index >= 15 is 0 Å². The molecule has 6 nitrogen and oxygen atoms in total. The highest BCUT2D eigenvalue weighted by molar-refractivity contribution is 6.29. The molecule has 0 aromatic heterocycles. The van der Waals surface area contributed by atoms with E-state index in [9.17, 15) is 9.59 Å². The number of hydrogen-bond donors (Lipinski definition) is 2. The molecule has 1 aliphatic rings. The molecule has 1 heterocycles. The molecule has 0 aliphatic carbocycles. The lowest BCUT2D eigenvalue weighted by Crippen LogP contribution is -2.26. The van der Waals surface area contributed by atoms with Crippen molar-refractivity contribution in [3.63, 3.8) is 0 Å². The predicted octanol–water partition coefficient (Wildman–Crippen LogP) is 3.03. The molecule has 1 amide bonds. The van der Waals surface area contributed by atoms with E-state index in [-0.39, 0.29) is 24.7 Å². The van der Waals surface area contributed by atoms with Gasteiger partial charge in [-0.1, -0.05) is 36.4 Å². The zero-order chi connectivity index (χ0) is 20.1. The number of ether oxygens (including phenoxy) is 1. The van der Waals surface area contributed by atoms with Crippen LogP contribution in [0.1, 0.15) is 23.1 Å². The smallest absolute Gasteiger partial charge is 0.303 e. The van der Waals surface area contributed by atoms with Gasteiger partial charge in [-0.05, 0) is 48.2 Å². The standard InChI is InChI=1S/C22H24N2O4.ClH/c1-28-19-14-24(18-4-2-3-16(13-18)11-12-23)22(27)21(19)17-8-5-15(6-9-17)7-10-20(25)26;/h2-6,8-9,13H,7,10-12,14,23H2,1H3,(H,25,26);1H. The van der Waals surface area contributed by atoms with Gasteiger partial charge in [-0.25, -0.2) is 0 Å². The zero-order valence-electron chi connectivity index (χ0n) is 16.3. The van der Waals surface area contributed by atoms with Crippen LogP contribution in [-0.2, 0) is 27.2 Å². The first kappa shape index (κ1) is 22.5. The Morgan fingerprint density at radius 1 is 1.14 bits per heavy atom. The minimum atomic E-state index is -0.827. The summed E-state index contributed by atoms with van der Waals surface area (Å²) in [6, 6.07) is 15.2. The highest BCUT2D eigenvalue weighted by Crippen LogP contribution is 2.32. The molecule has 0 fully saturated rings. The highest BCUT2D eigenvalue weighted by Gasteiger charge is 2.33. The number of aliphatic carboxylic acids is 1. The summed E-state index contributed by atoms with van der Waals surface area (Å²) in [5.41, 5.74) is 9.77. The van der Waals surface area contributed by atoms with Gasteiger partial charge in [0.15, 0.2) is 0 Å². The third-order valence-electron chi connectivity index (χ3n) is 4.81. The quantitative estimate of drug-likeness (QED) is 0.690. The van der Waals surface area contributed by atoms with Gasteiger partial charge in [-0.15, -0.1) is 12.4 Å². The first-order valence-corrected chi connectivity index (χ1v) is 9.22. The Hall–Kier alpha value is -2.83. The van der Waals surface area contributed by atoms with Gasteiger partial charge >= 0.3 is 5.97 Å². The second kappa shape index (κ2) is 10.1. The van der Waals surface area contributed by atoms with Crippen molar-refractivity contribution >= 4 is 35.5 Å². The molecule has 29 heavy (non-hydrogen) atoms. The first-order chi connectivity index (χ1) is 13.5. The van der Waals surface area contributed by atoms with Crippen molar-refractivity contribution in [1.82, 2.24) is 0 Å². The van der Waals surface area contributed by atoms with Crippen molar-refractivity contribution < 1.29 is 19.4 Å². The van der Waals surface area contributed by atoms with Crippen LogP contribution in [0.3, 0.4) is 0 Å². The number of nitrogens with zero attached hydrogens (tertiary/aromatic N) is 1. The number of carboxylic acids is 1. The lowest BCUT2D eigenvalue weighted by molar-refractivity contribution is -0.137. The van der Waals surface area contributed by atoms with Crippen LogP contribution in [0.2, 0.25) is 0 Å². The van der Waals surface area contributed by atoms with Gasteiger partial charge < -0.3 is 20.5 Å². The molecule has 3 rings (SSSR count). The number of amides is 1. The van der Waals surface area contributed by atoms with E-state index in [0.29, 0.717) is 30.8 Å². The molecular formula is C22H25ClN2O4. The highest BCUT2D eigenvalue weighted by atomic mass is 35.5. The maximum atomic E-state index is 13.1. The number of halogens is 1. The topological polar surface area (TPSA) is 92.9 Å². The van der Waals surface area contributed by atoms with Crippen LogP contribution in [0.15, 0.2) is 54.3 Å². The Bertz CT molecular complexity index is 909. The SMILES string of the molecule is COC1=C(c2ccc(CCC(=O)O)cc2)C(=O)N(c2cccc(CCN)c2)C1.Cl. The number of carboxylic acid groups (broad SMARTS) is 1. The lowest BCUT2D eigenvalue weighted by Gasteiger charge is -2.17. The van der Waals surface area contributed by atoms with Gasteiger partial charge in [0, 0.05) is 12.1 Å². The fraction of sp³-hybridized carbons (Fsp3) is 0.273. The number of carbonyl (C=O) groups excluding carboxylic acids is 1. The van der Waals surface area contributed by atoms with Crippen molar-refractivity contribution in [2.24, 2.45) is 5.73 Å². The van der Waals surface area contributed by atoms with Crippen LogP contribution in [0, 0.1) is 0 Å². The minimum Gasteiger partial charge on any atom is -0.498 e. The Balaban J connectivity index is 0.00000300. The van der Waals surface area contributed by atoms with Gasteiger partial charge in [0.2, 0.25) is 0 Å². The van der Waals surface area contributed by atoms with Gasteiger partial charge in [0.1, 0.15) is 5.76 Å². The number of rotatable bonds is 8. The number of benzene rings is 2. The third kappa shape index (κ3) is 5.16. The first-order valence-electron chi connectivity index (χ1n) is 9.22. The minimum absolute atomic E-state index is 0. The molecule has 0 saturated carbocycles. The fourth-order valence-corrected chi connectivity index (χ4v) is 3.34. The Kier molecular flexibility index (Phi) is 7.82. The van der Waals surface area contributed by atoms with Crippen molar-refractivity contribution in [3.05, 3.63) is 71.0 Å².